The van der Waals surface area contributed by atoms with Gasteiger partial charge in [-0.25, -0.2) is 0 Å². The summed E-state index contributed by atoms with van der Waals surface area (Å²) in [7, 11) is 0. The van der Waals surface area contributed by atoms with Gasteiger partial charge >= 0.3 is 18.0 Å². The highest BCUT2D eigenvalue weighted by atomic mass is 19.4. The Balaban J connectivity index is 4.79. The number of hydrogen-bond donors (Lipinski definition) is 1. The number of hydrogen-bond acceptors (Lipinski definition) is 2. The van der Waals surface area contributed by atoms with Crippen molar-refractivity contribution >= 4 is 11.8 Å². The summed E-state index contributed by atoms with van der Waals surface area (Å²) in [5.41, 5.74) is 0. The van der Waals surface area contributed by atoms with Gasteiger partial charge in [0.05, 0.1) is 0 Å². The van der Waals surface area contributed by atoms with E-state index in [-0.39, 0.29) is 13.1 Å². The maximum absolute atomic E-state index is 12.7. The first-order chi connectivity index (χ1) is 8.48. The third-order valence-electron chi connectivity index (χ3n) is 2.43. The van der Waals surface area contributed by atoms with Crippen molar-refractivity contribution in [1.29, 1.82) is 0 Å². The summed E-state index contributed by atoms with van der Waals surface area (Å²) in [6.45, 7) is 4.78. The van der Waals surface area contributed by atoms with Gasteiger partial charge in [-0.2, -0.15) is 22.0 Å². The van der Waals surface area contributed by atoms with Crippen molar-refractivity contribution in [2.75, 3.05) is 13.1 Å². The van der Waals surface area contributed by atoms with Gasteiger partial charge in [0.2, 0.25) is 5.91 Å². The molecule has 0 aromatic carbocycles. The zero-order valence-electron chi connectivity index (χ0n) is 10.6. The minimum absolute atomic E-state index is 0.255. The summed E-state index contributed by atoms with van der Waals surface area (Å²) in [6, 6.07) is -1.46. The average molecular weight is 290 g/mol. The molecule has 0 saturated carbocycles. The van der Waals surface area contributed by atoms with Gasteiger partial charge in [-0.15, -0.1) is 0 Å². The van der Waals surface area contributed by atoms with Gasteiger partial charge in [-0.05, 0) is 20.8 Å². The molecule has 1 unspecified atom stereocenters. The molecule has 0 aliphatic rings. The molecule has 19 heavy (non-hydrogen) atoms. The Bertz CT molecular complexity index is 339. The number of alkyl halides is 5. The summed E-state index contributed by atoms with van der Waals surface area (Å²) < 4.78 is 61.1. The predicted octanol–water partition coefficient (Wildman–Crippen LogP) is 1.56. The third-order valence-corrected chi connectivity index (χ3v) is 2.43. The van der Waals surface area contributed by atoms with Crippen molar-refractivity contribution in [3.63, 3.8) is 0 Å². The van der Waals surface area contributed by atoms with Crippen LogP contribution in [-0.4, -0.2) is 47.9 Å². The summed E-state index contributed by atoms with van der Waals surface area (Å²) >= 11 is 0. The smallest absolute Gasteiger partial charge is 0.341 e. The second-order valence-corrected chi connectivity index (χ2v) is 3.78. The lowest BCUT2D eigenvalue weighted by atomic mass is 10.2. The molecule has 0 spiro atoms. The fraction of sp³-hybridized carbons (Fsp3) is 0.800. The number of amides is 2. The molecule has 0 aliphatic heterocycles. The van der Waals surface area contributed by atoms with E-state index in [4.69, 9.17) is 0 Å². The van der Waals surface area contributed by atoms with E-state index < -0.39 is 30.0 Å². The quantitative estimate of drug-likeness (QED) is 0.781. The molecular formula is C10H15F5N2O2. The number of carbonyl (C=O) groups is 2. The van der Waals surface area contributed by atoms with Crippen LogP contribution in [-0.2, 0) is 9.59 Å². The molecule has 1 N–H and O–H groups in total. The van der Waals surface area contributed by atoms with Crippen LogP contribution in [0.15, 0.2) is 0 Å². The first-order valence-corrected chi connectivity index (χ1v) is 5.53. The van der Waals surface area contributed by atoms with Crippen LogP contribution in [0.2, 0.25) is 0 Å². The Morgan fingerprint density at radius 1 is 1.11 bits per heavy atom. The van der Waals surface area contributed by atoms with Crippen LogP contribution in [0, 0.1) is 0 Å². The summed E-state index contributed by atoms with van der Waals surface area (Å²) in [5, 5.41) is 1.38. The van der Waals surface area contributed by atoms with Crippen molar-refractivity contribution in [2.24, 2.45) is 0 Å². The average Bonchev–Trinajstić information content (AvgIpc) is 2.28. The lowest BCUT2D eigenvalue weighted by Crippen LogP contribution is -2.55. The molecule has 112 valence electrons. The van der Waals surface area contributed by atoms with Gasteiger partial charge in [0, 0.05) is 13.1 Å². The van der Waals surface area contributed by atoms with Crippen LogP contribution in [0.25, 0.3) is 0 Å². The number of carbonyl (C=O) groups excluding carboxylic acids is 2. The van der Waals surface area contributed by atoms with E-state index in [0.29, 0.717) is 0 Å². The van der Waals surface area contributed by atoms with E-state index in [1.165, 1.54) is 10.2 Å². The van der Waals surface area contributed by atoms with Crippen LogP contribution in [0.4, 0.5) is 22.0 Å². The summed E-state index contributed by atoms with van der Waals surface area (Å²) in [5.74, 6) is -8.78. The number of nitrogens with one attached hydrogen (secondary N) is 1. The Morgan fingerprint density at radius 2 is 1.53 bits per heavy atom. The van der Waals surface area contributed by atoms with E-state index in [0.717, 1.165) is 6.92 Å². The fourth-order valence-electron chi connectivity index (χ4n) is 1.29. The van der Waals surface area contributed by atoms with Crippen molar-refractivity contribution < 1.29 is 31.5 Å². The number of likely N-dealkylation sites (N-methyl/N-ethyl adjacent to an activating group) is 1. The first-order valence-electron chi connectivity index (χ1n) is 5.53. The van der Waals surface area contributed by atoms with E-state index >= 15 is 0 Å². The predicted molar refractivity (Wildman–Crippen MR) is 56.5 cm³/mol. The maximum Gasteiger partial charge on any atom is 0.463 e. The van der Waals surface area contributed by atoms with E-state index in [1.807, 2.05) is 0 Å². The lowest BCUT2D eigenvalue weighted by molar-refractivity contribution is -0.270. The van der Waals surface area contributed by atoms with Gasteiger partial charge in [0.15, 0.2) is 0 Å². The Hall–Kier alpha value is -1.41. The molecule has 0 fully saturated rings. The van der Waals surface area contributed by atoms with Crippen LogP contribution in [0.5, 0.6) is 0 Å². The highest BCUT2D eigenvalue weighted by Crippen LogP contribution is 2.35. The number of halogens is 5. The standard InChI is InChI=1S/C10H15F5N2O2/c1-4-17(5-2)7(18)6(3)16-8(19)9(11,12)10(13,14)15/h6H,4-5H2,1-3H3,(H,16,19). The SMILES string of the molecule is CCN(CC)C(=O)C(C)NC(=O)C(F)(F)C(F)(F)F. The van der Waals surface area contributed by atoms with E-state index in [9.17, 15) is 31.5 Å². The molecule has 1 atom stereocenters. The zero-order valence-corrected chi connectivity index (χ0v) is 10.6. The first kappa shape index (κ1) is 17.6. The number of rotatable bonds is 5. The third kappa shape index (κ3) is 4.03. The molecular weight excluding hydrogens is 275 g/mol. The molecule has 0 aromatic rings. The van der Waals surface area contributed by atoms with Crippen LogP contribution in [0.1, 0.15) is 20.8 Å². The molecule has 0 aromatic heterocycles. The largest absolute Gasteiger partial charge is 0.463 e. The van der Waals surface area contributed by atoms with Crippen molar-refractivity contribution in [2.45, 2.75) is 38.9 Å². The Labute approximate surface area is 106 Å². The maximum atomic E-state index is 12.7. The minimum Gasteiger partial charge on any atom is -0.341 e. The molecule has 0 heterocycles. The van der Waals surface area contributed by atoms with Crippen LogP contribution >= 0.6 is 0 Å². The van der Waals surface area contributed by atoms with Crippen molar-refractivity contribution in [3.05, 3.63) is 0 Å². The van der Waals surface area contributed by atoms with Crippen molar-refractivity contribution in [1.82, 2.24) is 10.2 Å². The van der Waals surface area contributed by atoms with Crippen LogP contribution < -0.4 is 5.32 Å². The van der Waals surface area contributed by atoms with E-state index in [2.05, 4.69) is 0 Å². The molecule has 0 rings (SSSR count). The summed E-state index contributed by atoms with van der Waals surface area (Å²) in [4.78, 5) is 23.7. The topological polar surface area (TPSA) is 49.4 Å². The molecule has 0 saturated heterocycles. The van der Waals surface area contributed by atoms with Gasteiger partial charge < -0.3 is 10.2 Å². The molecule has 9 heteroatoms. The van der Waals surface area contributed by atoms with Crippen molar-refractivity contribution in [3.8, 4) is 0 Å². The van der Waals surface area contributed by atoms with Gasteiger partial charge in [-0.1, -0.05) is 0 Å². The second-order valence-electron chi connectivity index (χ2n) is 3.78. The van der Waals surface area contributed by atoms with E-state index in [1.54, 1.807) is 13.8 Å². The van der Waals surface area contributed by atoms with Crippen LogP contribution in [0.3, 0.4) is 0 Å². The lowest BCUT2D eigenvalue weighted by Gasteiger charge is -2.25. The van der Waals surface area contributed by atoms with Gasteiger partial charge in [0.25, 0.3) is 0 Å². The highest BCUT2D eigenvalue weighted by molar-refractivity contribution is 5.90. The molecule has 0 bridgehead atoms. The van der Waals surface area contributed by atoms with Gasteiger partial charge in [0.1, 0.15) is 6.04 Å². The highest BCUT2D eigenvalue weighted by Gasteiger charge is 2.63. The zero-order chi connectivity index (χ0) is 15.4. The monoisotopic (exact) mass is 290 g/mol. The molecule has 0 aliphatic carbocycles. The Morgan fingerprint density at radius 3 is 1.84 bits per heavy atom. The second kappa shape index (κ2) is 6.16. The fourth-order valence-corrected chi connectivity index (χ4v) is 1.29. The molecule has 2 amide bonds. The molecule has 4 nitrogen and oxygen atoms in total. The summed E-state index contributed by atoms with van der Waals surface area (Å²) in [6.07, 6.45) is -5.99. The number of nitrogens with zero attached hydrogens (tertiary/aromatic N) is 1. The minimum atomic E-state index is -5.99. The Kier molecular flexibility index (Phi) is 5.70. The normalized spacial score (nSPS) is 13.9. The van der Waals surface area contributed by atoms with Gasteiger partial charge in [-0.3, -0.25) is 9.59 Å². The molecule has 0 radical (unpaired) electrons.